The van der Waals surface area contributed by atoms with Gasteiger partial charge in [-0.3, -0.25) is 4.79 Å². The molecule has 0 aliphatic heterocycles. The molecule has 0 atom stereocenters. The molecule has 1 amide bonds. The van der Waals surface area contributed by atoms with Crippen molar-refractivity contribution in [2.75, 3.05) is 18.8 Å². The lowest BCUT2D eigenvalue weighted by atomic mass is 10.1. The number of nitrogens with zero attached hydrogens (tertiary/aromatic N) is 1. The summed E-state index contributed by atoms with van der Waals surface area (Å²) in [5.41, 5.74) is 6.42. The van der Waals surface area contributed by atoms with Gasteiger partial charge in [-0.1, -0.05) is 23.6 Å². The van der Waals surface area contributed by atoms with Gasteiger partial charge in [0.25, 0.3) is 5.91 Å². The van der Waals surface area contributed by atoms with Crippen LogP contribution >= 0.6 is 11.6 Å². The minimum Gasteiger partial charge on any atom is -0.398 e. The largest absolute Gasteiger partial charge is 0.398 e. The molecule has 0 bridgehead atoms. The van der Waals surface area contributed by atoms with Gasteiger partial charge in [0.1, 0.15) is 0 Å². The number of amides is 1. The Kier molecular flexibility index (Phi) is 4.21. The lowest BCUT2D eigenvalue weighted by Gasteiger charge is -2.19. The molecule has 0 spiro atoms. The summed E-state index contributed by atoms with van der Waals surface area (Å²) in [7, 11) is 0. The average molecular weight is 237 g/mol. The van der Waals surface area contributed by atoms with Gasteiger partial charge in [0, 0.05) is 12.2 Å². The third-order valence-corrected chi connectivity index (χ3v) is 2.53. The molecular formula is C12H13ClN2O. The minimum absolute atomic E-state index is 0.233. The van der Waals surface area contributed by atoms with E-state index in [1.165, 1.54) is 4.90 Å². The molecule has 1 aromatic rings. The van der Waals surface area contributed by atoms with Crippen LogP contribution in [0.15, 0.2) is 18.2 Å². The number of anilines is 1. The van der Waals surface area contributed by atoms with E-state index in [2.05, 4.69) is 5.92 Å². The molecule has 2 N–H and O–H groups in total. The van der Waals surface area contributed by atoms with Gasteiger partial charge in [0.2, 0.25) is 0 Å². The Hall–Kier alpha value is -1.66. The number of nitrogens with two attached hydrogens (primary N) is 1. The Balaban J connectivity index is 3.09. The lowest BCUT2D eigenvalue weighted by molar-refractivity contribution is 0.0786. The van der Waals surface area contributed by atoms with Crippen molar-refractivity contribution in [3.8, 4) is 12.3 Å². The minimum atomic E-state index is -0.233. The van der Waals surface area contributed by atoms with Gasteiger partial charge in [0.05, 0.1) is 17.1 Å². The lowest BCUT2D eigenvalue weighted by Crippen LogP contribution is -2.31. The Morgan fingerprint density at radius 3 is 2.81 bits per heavy atom. The Bertz CT molecular complexity index is 417. The number of carbonyl (C=O) groups excluding carboxylic acids is 1. The molecule has 0 unspecified atom stereocenters. The van der Waals surface area contributed by atoms with E-state index in [0.29, 0.717) is 22.8 Å². The van der Waals surface area contributed by atoms with Crippen LogP contribution in [-0.4, -0.2) is 23.9 Å². The second-order valence-corrected chi connectivity index (χ2v) is 3.63. The van der Waals surface area contributed by atoms with E-state index >= 15 is 0 Å². The monoisotopic (exact) mass is 236 g/mol. The molecule has 0 aliphatic rings. The van der Waals surface area contributed by atoms with Crippen LogP contribution < -0.4 is 5.73 Å². The fourth-order valence-electron chi connectivity index (χ4n) is 1.36. The molecule has 0 aliphatic carbocycles. The van der Waals surface area contributed by atoms with E-state index in [1.807, 2.05) is 6.92 Å². The maximum Gasteiger partial charge on any atom is 0.258 e. The van der Waals surface area contributed by atoms with E-state index in [4.69, 9.17) is 23.8 Å². The summed E-state index contributed by atoms with van der Waals surface area (Å²) >= 11 is 5.95. The normalized spacial score (nSPS) is 9.56. The predicted octanol–water partition coefficient (Wildman–Crippen LogP) is 2.02. The van der Waals surface area contributed by atoms with Crippen molar-refractivity contribution in [1.82, 2.24) is 4.90 Å². The van der Waals surface area contributed by atoms with Crippen LogP contribution in [-0.2, 0) is 0 Å². The van der Waals surface area contributed by atoms with Crippen LogP contribution in [0.25, 0.3) is 0 Å². The fourth-order valence-corrected chi connectivity index (χ4v) is 1.62. The first kappa shape index (κ1) is 12.4. The first-order chi connectivity index (χ1) is 7.61. The van der Waals surface area contributed by atoms with Crippen molar-refractivity contribution in [3.05, 3.63) is 28.8 Å². The number of halogens is 1. The number of benzene rings is 1. The Morgan fingerprint density at radius 2 is 2.31 bits per heavy atom. The van der Waals surface area contributed by atoms with Crippen LogP contribution in [0, 0.1) is 12.3 Å². The summed E-state index contributed by atoms with van der Waals surface area (Å²) in [6.07, 6.45) is 5.19. The molecule has 0 aromatic heterocycles. The summed E-state index contributed by atoms with van der Waals surface area (Å²) in [6, 6.07) is 4.98. The molecule has 1 aromatic carbocycles. The highest BCUT2D eigenvalue weighted by molar-refractivity contribution is 6.34. The van der Waals surface area contributed by atoms with Crippen LogP contribution in [0.5, 0.6) is 0 Å². The molecule has 0 heterocycles. The average Bonchev–Trinajstić information content (AvgIpc) is 2.25. The van der Waals surface area contributed by atoms with Crippen molar-refractivity contribution in [1.29, 1.82) is 0 Å². The van der Waals surface area contributed by atoms with Gasteiger partial charge >= 0.3 is 0 Å². The molecule has 1 rings (SSSR count). The van der Waals surface area contributed by atoms with E-state index in [0.717, 1.165) is 0 Å². The summed E-state index contributed by atoms with van der Waals surface area (Å²) in [5, 5.41) is 0.348. The summed E-state index contributed by atoms with van der Waals surface area (Å²) < 4.78 is 0. The fraction of sp³-hybridized carbons (Fsp3) is 0.250. The molecule has 4 heteroatoms. The summed E-state index contributed by atoms with van der Waals surface area (Å²) in [4.78, 5) is 13.6. The van der Waals surface area contributed by atoms with E-state index in [9.17, 15) is 4.79 Å². The highest BCUT2D eigenvalue weighted by atomic mass is 35.5. The number of hydrogen-bond acceptors (Lipinski definition) is 2. The Labute approximate surface area is 100 Å². The predicted molar refractivity (Wildman–Crippen MR) is 66.3 cm³/mol. The zero-order valence-electron chi connectivity index (χ0n) is 9.03. The van der Waals surface area contributed by atoms with Gasteiger partial charge in [-0.25, -0.2) is 0 Å². The summed E-state index contributed by atoms with van der Waals surface area (Å²) in [6.45, 7) is 2.62. The van der Waals surface area contributed by atoms with Gasteiger partial charge in [0.15, 0.2) is 0 Å². The molecule has 0 saturated carbocycles. The van der Waals surface area contributed by atoms with E-state index in [-0.39, 0.29) is 12.5 Å². The second kappa shape index (κ2) is 5.43. The number of nitrogen functional groups attached to an aromatic ring is 1. The van der Waals surface area contributed by atoms with Crippen molar-refractivity contribution < 1.29 is 4.79 Å². The highest BCUT2D eigenvalue weighted by Crippen LogP contribution is 2.23. The van der Waals surface area contributed by atoms with E-state index in [1.54, 1.807) is 18.2 Å². The maximum atomic E-state index is 12.1. The summed E-state index contributed by atoms with van der Waals surface area (Å²) in [5.74, 6) is 2.20. The zero-order chi connectivity index (χ0) is 12.1. The Morgan fingerprint density at radius 1 is 1.62 bits per heavy atom. The smallest absolute Gasteiger partial charge is 0.258 e. The second-order valence-electron chi connectivity index (χ2n) is 3.23. The zero-order valence-corrected chi connectivity index (χ0v) is 9.79. The van der Waals surface area contributed by atoms with Crippen molar-refractivity contribution >= 4 is 23.2 Å². The molecule has 0 saturated heterocycles. The van der Waals surface area contributed by atoms with E-state index < -0.39 is 0 Å². The molecular weight excluding hydrogens is 224 g/mol. The molecule has 0 radical (unpaired) electrons. The number of terminal acetylenes is 1. The van der Waals surface area contributed by atoms with Crippen molar-refractivity contribution in [3.63, 3.8) is 0 Å². The van der Waals surface area contributed by atoms with Crippen molar-refractivity contribution in [2.45, 2.75) is 6.92 Å². The first-order valence-electron chi connectivity index (χ1n) is 4.88. The van der Waals surface area contributed by atoms with Crippen LogP contribution in [0.4, 0.5) is 5.69 Å². The third-order valence-electron chi connectivity index (χ3n) is 2.21. The highest BCUT2D eigenvalue weighted by Gasteiger charge is 2.18. The molecule has 84 valence electrons. The van der Waals surface area contributed by atoms with Gasteiger partial charge in [-0.05, 0) is 19.1 Å². The van der Waals surface area contributed by atoms with Crippen LogP contribution in [0.3, 0.4) is 0 Å². The van der Waals surface area contributed by atoms with Crippen LogP contribution in [0.2, 0.25) is 5.02 Å². The van der Waals surface area contributed by atoms with Crippen LogP contribution in [0.1, 0.15) is 17.3 Å². The number of hydrogen-bond donors (Lipinski definition) is 1. The maximum absolute atomic E-state index is 12.1. The molecule has 0 fully saturated rings. The topological polar surface area (TPSA) is 46.3 Å². The third kappa shape index (κ3) is 2.47. The first-order valence-corrected chi connectivity index (χ1v) is 5.26. The van der Waals surface area contributed by atoms with Crippen molar-refractivity contribution in [2.24, 2.45) is 0 Å². The van der Waals surface area contributed by atoms with Gasteiger partial charge in [-0.2, -0.15) is 0 Å². The number of rotatable bonds is 3. The molecule has 3 nitrogen and oxygen atoms in total. The SMILES string of the molecule is C#CCN(CC)C(=O)c1c(N)cccc1Cl. The van der Waals surface area contributed by atoms with Gasteiger partial charge in [-0.15, -0.1) is 6.42 Å². The standard InChI is InChI=1S/C12H13ClN2O/c1-3-8-15(4-2)12(16)11-9(13)6-5-7-10(11)14/h1,5-7H,4,8,14H2,2H3. The number of carbonyl (C=O) groups is 1. The van der Waals surface area contributed by atoms with Gasteiger partial charge < -0.3 is 10.6 Å². The molecule has 16 heavy (non-hydrogen) atoms. The quantitative estimate of drug-likeness (QED) is 0.645.